The van der Waals surface area contributed by atoms with Crippen molar-refractivity contribution in [2.75, 3.05) is 0 Å². The molecule has 0 spiro atoms. The number of fused-ring (bicyclic) bond motifs is 1. The largest absolute Gasteiger partial charge is 0.506 e. The number of azo groups is 1. The number of pyridine rings is 1. The van der Waals surface area contributed by atoms with E-state index in [1.165, 1.54) is 10.6 Å². The number of para-hydroxylation sites is 1. The lowest BCUT2D eigenvalue weighted by atomic mass is 10.1. The minimum atomic E-state index is -0.614. The highest BCUT2D eigenvalue weighted by Crippen LogP contribution is 2.36. The van der Waals surface area contributed by atoms with Crippen molar-refractivity contribution in [1.29, 1.82) is 0 Å². The van der Waals surface area contributed by atoms with Crippen LogP contribution in [-0.2, 0) is 7.05 Å². The van der Waals surface area contributed by atoms with E-state index >= 15 is 0 Å². The summed E-state index contributed by atoms with van der Waals surface area (Å²) >= 11 is 12.0. The molecule has 0 aliphatic carbocycles. The predicted molar refractivity (Wildman–Crippen MR) is 112 cm³/mol. The minimum Gasteiger partial charge on any atom is -0.506 e. The number of nitrogens with zero attached hydrogens (tertiary/aromatic N) is 3. The average Bonchev–Trinajstić information content (AvgIpc) is 3.07. The van der Waals surface area contributed by atoms with Gasteiger partial charge in [0.05, 0.1) is 10.5 Å². The minimum absolute atomic E-state index is 0.0146. The van der Waals surface area contributed by atoms with Gasteiger partial charge >= 0.3 is 0 Å². The average molecular weight is 430 g/mol. The van der Waals surface area contributed by atoms with Crippen LogP contribution in [0, 0.1) is 0 Å². The van der Waals surface area contributed by atoms with Crippen LogP contribution in [0.5, 0.6) is 5.75 Å². The molecule has 4 rings (SSSR count). The molecule has 0 radical (unpaired) electrons. The molecule has 0 saturated heterocycles. The highest BCUT2D eigenvalue weighted by atomic mass is 35.5. The number of hydrogen-bond acceptors (Lipinski definition) is 5. The van der Waals surface area contributed by atoms with Gasteiger partial charge in [-0.2, -0.15) is 0 Å². The summed E-state index contributed by atoms with van der Waals surface area (Å²) in [4.78, 5) is 25.2. The number of aromatic amines is 2. The smallest absolute Gasteiger partial charge is 0.292 e. The van der Waals surface area contributed by atoms with Gasteiger partial charge in [0.2, 0.25) is 0 Å². The standard InChI is InChI=1S/C19H13Cl2N5O3/c1-26-13-5-3-2-4-10(13)17(27)14(19(26)29)15-16(18(28)25-23-15)24-22-12-8-9(20)6-7-11(12)21/h2-8,27H,1H3,(H2,23,25,28). The normalized spacial score (nSPS) is 11.6. The molecule has 0 fully saturated rings. The van der Waals surface area contributed by atoms with Crippen LogP contribution in [-0.4, -0.2) is 19.9 Å². The van der Waals surface area contributed by atoms with Crippen LogP contribution in [0.2, 0.25) is 10.0 Å². The number of rotatable bonds is 3. The van der Waals surface area contributed by atoms with Crippen molar-refractivity contribution in [3.8, 4) is 17.0 Å². The first kappa shape index (κ1) is 19.0. The van der Waals surface area contributed by atoms with Crippen molar-refractivity contribution >= 4 is 45.5 Å². The second kappa shape index (κ2) is 7.23. The zero-order chi connectivity index (χ0) is 20.7. The molecule has 0 amide bonds. The van der Waals surface area contributed by atoms with Crippen LogP contribution in [0.1, 0.15) is 0 Å². The Bertz CT molecular complexity index is 1400. The lowest BCUT2D eigenvalue weighted by molar-refractivity contribution is 0.481. The number of hydrogen-bond donors (Lipinski definition) is 3. The Balaban J connectivity index is 1.94. The Morgan fingerprint density at radius 1 is 1.03 bits per heavy atom. The van der Waals surface area contributed by atoms with E-state index in [0.29, 0.717) is 15.9 Å². The van der Waals surface area contributed by atoms with E-state index in [1.807, 2.05) is 0 Å². The van der Waals surface area contributed by atoms with Crippen LogP contribution in [0.15, 0.2) is 62.3 Å². The van der Waals surface area contributed by atoms with E-state index < -0.39 is 11.1 Å². The maximum atomic E-state index is 12.9. The van der Waals surface area contributed by atoms with Crippen molar-refractivity contribution in [2.45, 2.75) is 0 Å². The molecular formula is C19H13Cl2N5O3. The lowest BCUT2D eigenvalue weighted by Gasteiger charge is -2.10. The molecule has 3 N–H and O–H groups in total. The Kier molecular flexibility index (Phi) is 4.73. The molecule has 146 valence electrons. The van der Waals surface area contributed by atoms with Crippen LogP contribution in [0.3, 0.4) is 0 Å². The summed E-state index contributed by atoms with van der Waals surface area (Å²) < 4.78 is 1.38. The van der Waals surface area contributed by atoms with Crippen LogP contribution >= 0.6 is 23.2 Å². The molecule has 10 heteroatoms. The molecule has 2 heterocycles. The van der Waals surface area contributed by atoms with Gasteiger partial charge in [0, 0.05) is 17.5 Å². The van der Waals surface area contributed by atoms with Gasteiger partial charge in [0.1, 0.15) is 22.7 Å². The number of aromatic hydroxyl groups is 1. The van der Waals surface area contributed by atoms with Gasteiger partial charge in [-0.15, -0.1) is 10.2 Å². The SMILES string of the molecule is Cn1c(=O)c(-c2[nH][nH]c(=O)c2N=Nc2cc(Cl)ccc2Cl)c(O)c2ccccc21. The van der Waals surface area contributed by atoms with E-state index in [9.17, 15) is 14.7 Å². The maximum absolute atomic E-state index is 12.9. The second-order valence-corrected chi connectivity index (χ2v) is 7.05. The molecule has 0 bridgehead atoms. The van der Waals surface area contributed by atoms with Gasteiger partial charge in [0.25, 0.3) is 11.1 Å². The predicted octanol–water partition coefficient (Wildman–Crippen LogP) is 4.65. The number of aromatic nitrogens is 3. The first-order valence-corrected chi connectivity index (χ1v) is 9.12. The molecule has 0 atom stereocenters. The van der Waals surface area contributed by atoms with E-state index in [0.717, 1.165) is 0 Å². The molecular weight excluding hydrogens is 417 g/mol. The van der Waals surface area contributed by atoms with Crippen LogP contribution < -0.4 is 11.1 Å². The summed E-state index contributed by atoms with van der Waals surface area (Å²) in [6.45, 7) is 0. The summed E-state index contributed by atoms with van der Waals surface area (Å²) in [5, 5.41) is 24.8. The zero-order valence-corrected chi connectivity index (χ0v) is 16.4. The van der Waals surface area contributed by atoms with Crippen molar-refractivity contribution in [3.05, 3.63) is 73.2 Å². The Hall–Kier alpha value is -3.36. The molecule has 8 nitrogen and oxygen atoms in total. The summed E-state index contributed by atoms with van der Waals surface area (Å²) in [5.41, 5.74) is -0.586. The first-order chi connectivity index (χ1) is 13.9. The topological polar surface area (TPSA) is 116 Å². The molecule has 2 aromatic carbocycles. The fourth-order valence-corrected chi connectivity index (χ4v) is 3.32. The zero-order valence-electron chi connectivity index (χ0n) is 14.9. The van der Waals surface area contributed by atoms with Crippen molar-refractivity contribution in [2.24, 2.45) is 17.3 Å². The van der Waals surface area contributed by atoms with Gasteiger partial charge < -0.3 is 9.67 Å². The molecule has 29 heavy (non-hydrogen) atoms. The molecule has 0 aliphatic heterocycles. The third kappa shape index (κ3) is 3.22. The van der Waals surface area contributed by atoms with Crippen molar-refractivity contribution < 1.29 is 5.11 Å². The van der Waals surface area contributed by atoms with Gasteiger partial charge in [-0.1, -0.05) is 35.3 Å². The summed E-state index contributed by atoms with van der Waals surface area (Å²) in [5.74, 6) is -0.267. The quantitative estimate of drug-likeness (QED) is 0.411. The summed E-state index contributed by atoms with van der Waals surface area (Å²) in [6, 6.07) is 11.5. The van der Waals surface area contributed by atoms with E-state index in [4.69, 9.17) is 23.2 Å². The number of halogens is 2. The Morgan fingerprint density at radius 2 is 1.79 bits per heavy atom. The summed E-state index contributed by atoms with van der Waals surface area (Å²) in [6.07, 6.45) is 0. The van der Waals surface area contributed by atoms with E-state index in [1.54, 1.807) is 43.4 Å². The molecule has 2 aromatic heterocycles. The monoisotopic (exact) mass is 429 g/mol. The Labute approximate surface area is 173 Å². The molecule has 4 aromatic rings. The maximum Gasteiger partial charge on any atom is 0.292 e. The second-order valence-electron chi connectivity index (χ2n) is 6.20. The number of nitrogens with one attached hydrogen (secondary N) is 2. The van der Waals surface area contributed by atoms with Gasteiger partial charge in [-0.25, -0.2) is 0 Å². The van der Waals surface area contributed by atoms with E-state index in [2.05, 4.69) is 20.4 Å². The number of H-pyrrole nitrogens is 2. The van der Waals surface area contributed by atoms with Gasteiger partial charge in [0.15, 0.2) is 5.69 Å². The van der Waals surface area contributed by atoms with E-state index in [-0.39, 0.29) is 33.4 Å². The Morgan fingerprint density at radius 3 is 2.59 bits per heavy atom. The van der Waals surface area contributed by atoms with Crippen molar-refractivity contribution in [1.82, 2.24) is 14.8 Å². The fraction of sp³-hybridized carbons (Fsp3) is 0.0526. The molecule has 0 saturated carbocycles. The lowest BCUT2D eigenvalue weighted by Crippen LogP contribution is -2.19. The van der Waals surface area contributed by atoms with Crippen LogP contribution in [0.25, 0.3) is 22.2 Å². The van der Waals surface area contributed by atoms with Crippen molar-refractivity contribution in [3.63, 3.8) is 0 Å². The number of aryl methyl sites for hydroxylation is 1. The molecule has 0 aliphatic rings. The fourth-order valence-electron chi connectivity index (χ4n) is 3.00. The van der Waals surface area contributed by atoms with Gasteiger partial charge in [-0.05, 0) is 30.3 Å². The number of benzene rings is 2. The van der Waals surface area contributed by atoms with Gasteiger partial charge in [-0.3, -0.25) is 19.8 Å². The first-order valence-electron chi connectivity index (χ1n) is 8.37. The molecule has 0 unspecified atom stereocenters. The third-order valence-corrected chi connectivity index (χ3v) is 5.00. The third-order valence-electron chi connectivity index (χ3n) is 4.44. The highest BCUT2D eigenvalue weighted by molar-refractivity contribution is 6.35. The van der Waals surface area contributed by atoms with Crippen LogP contribution in [0.4, 0.5) is 11.4 Å². The summed E-state index contributed by atoms with van der Waals surface area (Å²) in [7, 11) is 1.57. The highest BCUT2D eigenvalue weighted by Gasteiger charge is 2.22.